The van der Waals surface area contributed by atoms with Gasteiger partial charge in [0, 0.05) is 37.8 Å². The molecule has 2 heterocycles. The van der Waals surface area contributed by atoms with Crippen LogP contribution in [0.2, 0.25) is 0 Å². The monoisotopic (exact) mass is 340 g/mol. The second-order valence-corrected chi connectivity index (χ2v) is 6.30. The van der Waals surface area contributed by atoms with Crippen LogP contribution in [0.3, 0.4) is 0 Å². The molecule has 0 spiro atoms. The van der Waals surface area contributed by atoms with Crippen molar-refractivity contribution in [3.8, 4) is 0 Å². The van der Waals surface area contributed by atoms with Crippen LogP contribution in [-0.2, 0) is 16.0 Å². The van der Waals surface area contributed by atoms with Gasteiger partial charge >= 0.3 is 0 Å². The van der Waals surface area contributed by atoms with Crippen LogP contribution in [0, 0.1) is 5.92 Å². The summed E-state index contributed by atoms with van der Waals surface area (Å²) in [5.41, 5.74) is 2.01. The van der Waals surface area contributed by atoms with Crippen LogP contribution < -0.4 is 5.32 Å². The van der Waals surface area contributed by atoms with Gasteiger partial charge in [-0.05, 0) is 18.9 Å². The molecule has 0 saturated carbocycles. The molecule has 1 aliphatic rings. The molecule has 132 valence electrons. The number of likely N-dealkylation sites (tertiary alicyclic amines) is 1. The van der Waals surface area contributed by atoms with Crippen LogP contribution in [0.4, 0.5) is 0 Å². The van der Waals surface area contributed by atoms with Gasteiger partial charge in [0.05, 0.1) is 18.3 Å². The van der Waals surface area contributed by atoms with Gasteiger partial charge in [0.15, 0.2) is 0 Å². The topological polar surface area (TPSA) is 78.1 Å². The summed E-state index contributed by atoms with van der Waals surface area (Å²) in [6.45, 7) is 3.13. The van der Waals surface area contributed by atoms with Gasteiger partial charge in [-0.25, -0.2) is 4.98 Å². The molecule has 1 aliphatic heterocycles. The van der Waals surface area contributed by atoms with Crippen molar-refractivity contribution >= 4 is 11.8 Å². The predicted molar refractivity (Wildman–Crippen MR) is 94.6 cm³/mol. The van der Waals surface area contributed by atoms with Gasteiger partial charge < -0.3 is 15.2 Å². The normalized spacial score (nSPS) is 20.5. The number of carbonyl (C=O) groups is 2. The molecular weight excluding hydrogens is 316 g/mol. The molecule has 2 atom stereocenters. The Morgan fingerprint density at radius 3 is 2.84 bits per heavy atom. The smallest absolute Gasteiger partial charge is 0.225 e. The number of amides is 2. The van der Waals surface area contributed by atoms with Crippen molar-refractivity contribution in [1.29, 1.82) is 0 Å². The van der Waals surface area contributed by atoms with Gasteiger partial charge in [-0.3, -0.25) is 9.59 Å². The fourth-order valence-corrected chi connectivity index (χ4v) is 3.54. The number of hydrogen-bond donors (Lipinski definition) is 2. The van der Waals surface area contributed by atoms with Crippen LogP contribution in [0.25, 0.3) is 0 Å². The molecule has 1 saturated heterocycles. The van der Waals surface area contributed by atoms with E-state index in [2.05, 4.69) is 15.3 Å². The zero-order valence-electron chi connectivity index (χ0n) is 14.4. The largest absolute Gasteiger partial charge is 0.355 e. The summed E-state index contributed by atoms with van der Waals surface area (Å²) in [7, 11) is 0. The molecule has 6 heteroatoms. The van der Waals surface area contributed by atoms with E-state index in [4.69, 9.17) is 0 Å². The number of aromatic nitrogens is 2. The van der Waals surface area contributed by atoms with E-state index in [9.17, 15) is 9.59 Å². The molecule has 1 aromatic heterocycles. The summed E-state index contributed by atoms with van der Waals surface area (Å²) in [5.74, 6) is -0.0843. The van der Waals surface area contributed by atoms with Crippen molar-refractivity contribution in [2.75, 3.05) is 13.1 Å². The molecule has 2 aromatic rings. The highest BCUT2D eigenvalue weighted by Crippen LogP contribution is 2.36. The minimum atomic E-state index is -0.221. The van der Waals surface area contributed by atoms with E-state index >= 15 is 0 Å². The molecule has 2 amide bonds. The lowest BCUT2D eigenvalue weighted by Gasteiger charge is -2.40. The Morgan fingerprint density at radius 2 is 2.16 bits per heavy atom. The van der Waals surface area contributed by atoms with Crippen LogP contribution in [0.15, 0.2) is 42.9 Å². The minimum absolute atomic E-state index is 0.0133. The van der Waals surface area contributed by atoms with Crippen LogP contribution in [-0.4, -0.2) is 39.8 Å². The number of benzene rings is 1. The molecule has 25 heavy (non-hydrogen) atoms. The van der Waals surface area contributed by atoms with Crippen molar-refractivity contribution in [3.63, 3.8) is 0 Å². The van der Waals surface area contributed by atoms with E-state index in [1.807, 2.05) is 42.2 Å². The van der Waals surface area contributed by atoms with Crippen LogP contribution >= 0.6 is 0 Å². The number of aromatic amines is 1. The summed E-state index contributed by atoms with van der Waals surface area (Å²) < 4.78 is 0. The molecule has 0 unspecified atom stereocenters. The lowest BCUT2D eigenvalue weighted by atomic mass is 9.83. The Hall–Kier alpha value is -2.63. The van der Waals surface area contributed by atoms with E-state index in [0.29, 0.717) is 32.4 Å². The van der Waals surface area contributed by atoms with E-state index in [1.165, 1.54) is 0 Å². The van der Waals surface area contributed by atoms with Gasteiger partial charge in [-0.15, -0.1) is 0 Å². The second kappa shape index (κ2) is 7.96. The number of H-pyrrole nitrogens is 1. The lowest BCUT2D eigenvalue weighted by Crippen LogP contribution is -2.48. The molecule has 1 aromatic carbocycles. The number of piperidine rings is 1. The Bertz CT molecular complexity index is 699. The van der Waals surface area contributed by atoms with Gasteiger partial charge in [0.2, 0.25) is 11.8 Å². The first kappa shape index (κ1) is 17.2. The minimum Gasteiger partial charge on any atom is -0.355 e. The maximum Gasteiger partial charge on any atom is 0.225 e. The standard InChI is InChI=1S/C19H24N4O2/c1-2-23-17(24)9-8-16(18(23)14-6-4-3-5-7-14)19(25)21-11-10-15-12-20-13-22-15/h3-7,12-13,16,18H,2,8-11H2,1H3,(H,20,22)(H,21,25)/t16-,18+/m1/s1. The molecule has 6 nitrogen and oxygen atoms in total. The highest BCUT2D eigenvalue weighted by Gasteiger charge is 2.39. The number of rotatable bonds is 6. The average Bonchev–Trinajstić information content (AvgIpc) is 3.15. The van der Waals surface area contributed by atoms with Crippen molar-refractivity contribution in [2.45, 2.75) is 32.2 Å². The van der Waals surface area contributed by atoms with E-state index in [-0.39, 0.29) is 23.8 Å². The average molecular weight is 340 g/mol. The Morgan fingerprint density at radius 1 is 1.36 bits per heavy atom. The zero-order valence-corrected chi connectivity index (χ0v) is 14.4. The third kappa shape index (κ3) is 3.90. The van der Waals surface area contributed by atoms with E-state index in [0.717, 1.165) is 11.3 Å². The maximum atomic E-state index is 12.8. The van der Waals surface area contributed by atoms with Crippen molar-refractivity contribution in [2.24, 2.45) is 5.92 Å². The van der Waals surface area contributed by atoms with Crippen molar-refractivity contribution in [1.82, 2.24) is 20.2 Å². The summed E-state index contributed by atoms with van der Waals surface area (Å²) in [4.78, 5) is 34.0. The third-order valence-corrected chi connectivity index (χ3v) is 4.77. The molecule has 0 radical (unpaired) electrons. The number of nitrogens with zero attached hydrogens (tertiary/aromatic N) is 2. The van der Waals surface area contributed by atoms with Crippen LogP contribution in [0.5, 0.6) is 0 Å². The third-order valence-electron chi connectivity index (χ3n) is 4.77. The van der Waals surface area contributed by atoms with Gasteiger partial charge in [-0.1, -0.05) is 30.3 Å². The maximum absolute atomic E-state index is 12.8. The fraction of sp³-hybridized carbons (Fsp3) is 0.421. The van der Waals surface area contributed by atoms with Gasteiger partial charge in [0.1, 0.15) is 0 Å². The first-order chi connectivity index (χ1) is 12.2. The number of imidazole rings is 1. The molecule has 0 aliphatic carbocycles. The van der Waals surface area contributed by atoms with Gasteiger partial charge in [0.25, 0.3) is 0 Å². The predicted octanol–water partition coefficient (Wildman–Crippen LogP) is 2.07. The Kier molecular flexibility index (Phi) is 5.48. The molecule has 2 N–H and O–H groups in total. The van der Waals surface area contributed by atoms with Crippen LogP contribution in [0.1, 0.15) is 37.1 Å². The number of nitrogens with one attached hydrogen (secondary N) is 2. The highest BCUT2D eigenvalue weighted by molar-refractivity contribution is 5.85. The Labute approximate surface area is 147 Å². The summed E-state index contributed by atoms with van der Waals surface area (Å²) in [5, 5.41) is 3.03. The molecular formula is C19H24N4O2. The first-order valence-electron chi connectivity index (χ1n) is 8.80. The summed E-state index contributed by atoms with van der Waals surface area (Å²) >= 11 is 0. The Balaban J connectivity index is 1.72. The quantitative estimate of drug-likeness (QED) is 0.845. The van der Waals surface area contributed by atoms with E-state index in [1.54, 1.807) is 12.5 Å². The lowest BCUT2D eigenvalue weighted by molar-refractivity contribution is -0.143. The number of hydrogen-bond acceptors (Lipinski definition) is 3. The second-order valence-electron chi connectivity index (χ2n) is 6.30. The molecule has 3 rings (SSSR count). The highest BCUT2D eigenvalue weighted by atomic mass is 16.2. The molecule has 0 bridgehead atoms. The summed E-state index contributed by atoms with van der Waals surface area (Å²) in [6.07, 6.45) is 5.12. The van der Waals surface area contributed by atoms with E-state index < -0.39 is 0 Å². The van der Waals surface area contributed by atoms with Crippen molar-refractivity contribution < 1.29 is 9.59 Å². The fourth-order valence-electron chi connectivity index (χ4n) is 3.54. The SMILES string of the molecule is CCN1C(=O)CC[C@@H](C(=O)NCCc2cnc[nH]2)[C@@H]1c1ccccc1. The zero-order chi connectivity index (χ0) is 17.6. The first-order valence-corrected chi connectivity index (χ1v) is 8.80. The summed E-state index contributed by atoms with van der Waals surface area (Å²) in [6, 6.07) is 9.65. The van der Waals surface area contributed by atoms with Crippen molar-refractivity contribution in [3.05, 3.63) is 54.1 Å². The number of carbonyl (C=O) groups excluding carboxylic acids is 2. The molecule has 1 fully saturated rings. The van der Waals surface area contributed by atoms with Gasteiger partial charge in [-0.2, -0.15) is 0 Å².